The Bertz CT molecular complexity index is 619. The molecule has 0 saturated heterocycles. The van der Waals surface area contributed by atoms with Crippen LogP contribution in [0.1, 0.15) is 23.9 Å². The van der Waals surface area contributed by atoms with Crippen LogP contribution >= 0.6 is 0 Å². The topological polar surface area (TPSA) is 60.9 Å². The minimum absolute atomic E-state index is 0.466. The van der Waals surface area contributed by atoms with E-state index in [-0.39, 0.29) is 0 Å². The fourth-order valence-electron chi connectivity index (χ4n) is 1.97. The smallest absolute Gasteiger partial charge is 0.0702 e. The molecular formula is C14H19N3OS. The molecule has 1 unspecified atom stereocenters. The quantitative estimate of drug-likeness (QED) is 0.871. The van der Waals surface area contributed by atoms with E-state index >= 15 is 0 Å². The highest BCUT2D eigenvalue weighted by Crippen LogP contribution is 2.21. The number of benzene rings is 1. The summed E-state index contributed by atoms with van der Waals surface area (Å²) in [6.45, 7) is 3.97. The van der Waals surface area contributed by atoms with Gasteiger partial charge in [-0.2, -0.15) is 5.10 Å². The van der Waals surface area contributed by atoms with Crippen molar-refractivity contribution in [2.75, 3.05) is 5.73 Å². The van der Waals surface area contributed by atoms with E-state index in [0.717, 1.165) is 28.3 Å². The Kier molecular flexibility index (Phi) is 4.04. The van der Waals surface area contributed by atoms with Crippen LogP contribution in [0.5, 0.6) is 0 Å². The average Bonchev–Trinajstić information content (AvgIpc) is 2.73. The number of hydrogen-bond donors (Lipinski definition) is 1. The Balaban J connectivity index is 2.25. The Morgan fingerprint density at radius 3 is 2.79 bits per heavy atom. The zero-order valence-electron chi connectivity index (χ0n) is 11.5. The first kappa shape index (κ1) is 13.8. The standard InChI is InChI=1S/C14H19N3OS/c1-4-11-8-12(17(3)16-11)9-19(18)14-7-5-6-13(15)10(14)2/h5-8H,4,9,15H2,1-3H3. The number of anilines is 1. The van der Waals surface area contributed by atoms with Gasteiger partial charge in [0.2, 0.25) is 0 Å². The van der Waals surface area contributed by atoms with E-state index in [2.05, 4.69) is 12.0 Å². The van der Waals surface area contributed by atoms with E-state index in [0.29, 0.717) is 11.4 Å². The molecular weight excluding hydrogens is 258 g/mol. The van der Waals surface area contributed by atoms with Crippen molar-refractivity contribution < 1.29 is 4.21 Å². The van der Waals surface area contributed by atoms with E-state index in [1.54, 1.807) is 4.68 Å². The molecule has 0 fully saturated rings. The molecule has 1 aromatic heterocycles. The summed E-state index contributed by atoms with van der Waals surface area (Å²) in [5.41, 5.74) is 9.45. The van der Waals surface area contributed by atoms with Gasteiger partial charge in [-0.3, -0.25) is 8.89 Å². The maximum atomic E-state index is 12.5. The second kappa shape index (κ2) is 5.57. The highest BCUT2D eigenvalue weighted by atomic mass is 32.2. The molecule has 0 saturated carbocycles. The minimum Gasteiger partial charge on any atom is -0.398 e. The van der Waals surface area contributed by atoms with E-state index in [1.807, 2.05) is 38.2 Å². The lowest BCUT2D eigenvalue weighted by atomic mass is 10.2. The van der Waals surface area contributed by atoms with Crippen LogP contribution in [0.3, 0.4) is 0 Å². The van der Waals surface area contributed by atoms with Gasteiger partial charge in [0.15, 0.2) is 0 Å². The first-order chi connectivity index (χ1) is 9.02. The second-order valence-electron chi connectivity index (χ2n) is 4.56. The van der Waals surface area contributed by atoms with Crippen molar-refractivity contribution in [3.8, 4) is 0 Å². The van der Waals surface area contributed by atoms with E-state index in [4.69, 9.17) is 5.73 Å². The SMILES string of the molecule is CCc1cc(CS(=O)c2cccc(N)c2C)n(C)n1. The number of hydrogen-bond acceptors (Lipinski definition) is 3. The van der Waals surface area contributed by atoms with E-state index in [1.165, 1.54) is 0 Å². The van der Waals surface area contributed by atoms with Gasteiger partial charge in [-0.1, -0.05) is 13.0 Å². The summed E-state index contributed by atoms with van der Waals surface area (Å²) in [7, 11) is 0.791. The van der Waals surface area contributed by atoms with Gasteiger partial charge in [0.25, 0.3) is 0 Å². The van der Waals surface area contributed by atoms with E-state index < -0.39 is 10.8 Å². The Labute approximate surface area is 116 Å². The van der Waals surface area contributed by atoms with Gasteiger partial charge in [-0.25, -0.2) is 0 Å². The van der Waals surface area contributed by atoms with Crippen molar-refractivity contribution in [1.82, 2.24) is 9.78 Å². The first-order valence-electron chi connectivity index (χ1n) is 6.28. The van der Waals surface area contributed by atoms with Crippen LogP contribution in [0.15, 0.2) is 29.2 Å². The van der Waals surface area contributed by atoms with Gasteiger partial charge in [0.1, 0.15) is 0 Å². The van der Waals surface area contributed by atoms with Crippen LogP contribution in [-0.2, 0) is 30.0 Å². The molecule has 5 heteroatoms. The van der Waals surface area contributed by atoms with Gasteiger partial charge >= 0.3 is 0 Å². The third kappa shape index (κ3) is 2.87. The van der Waals surface area contributed by atoms with Crippen molar-refractivity contribution in [3.63, 3.8) is 0 Å². The summed E-state index contributed by atoms with van der Waals surface area (Å²) >= 11 is 0. The third-order valence-electron chi connectivity index (χ3n) is 3.24. The second-order valence-corrected chi connectivity index (χ2v) is 5.98. The summed E-state index contributed by atoms with van der Waals surface area (Å²) in [4.78, 5) is 0.805. The summed E-state index contributed by atoms with van der Waals surface area (Å²) < 4.78 is 14.3. The van der Waals surface area contributed by atoms with Crippen molar-refractivity contribution >= 4 is 16.5 Å². The number of rotatable bonds is 4. The molecule has 0 amide bonds. The van der Waals surface area contributed by atoms with Crippen LogP contribution in [0.25, 0.3) is 0 Å². The van der Waals surface area contributed by atoms with Gasteiger partial charge in [0.05, 0.1) is 27.9 Å². The molecule has 1 heterocycles. The molecule has 102 valence electrons. The molecule has 1 aromatic carbocycles. The van der Waals surface area contributed by atoms with Crippen molar-refractivity contribution in [2.24, 2.45) is 7.05 Å². The first-order valence-corrected chi connectivity index (χ1v) is 7.60. The van der Waals surface area contributed by atoms with Crippen LogP contribution < -0.4 is 5.73 Å². The van der Waals surface area contributed by atoms with Gasteiger partial charge in [-0.05, 0) is 37.1 Å². The number of nitrogens with zero attached hydrogens (tertiary/aromatic N) is 2. The maximum Gasteiger partial charge on any atom is 0.0702 e. The predicted octanol–water partition coefficient (Wildman–Crippen LogP) is 2.18. The van der Waals surface area contributed by atoms with Crippen LogP contribution in [0.4, 0.5) is 5.69 Å². The average molecular weight is 277 g/mol. The summed E-state index contributed by atoms with van der Waals surface area (Å²) in [5.74, 6) is 0.466. The Morgan fingerprint density at radius 1 is 1.42 bits per heavy atom. The monoisotopic (exact) mass is 277 g/mol. The number of nitrogens with two attached hydrogens (primary N) is 1. The molecule has 2 rings (SSSR count). The normalized spacial score (nSPS) is 12.6. The molecule has 0 spiro atoms. The van der Waals surface area contributed by atoms with Crippen LogP contribution in [-0.4, -0.2) is 14.0 Å². The van der Waals surface area contributed by atoms with E-state index in [9.17, 15) is 4.21 Å². The lowest BCUT2D eigenvalue weighted by molar-refractivity contribution is 0.675. The fourth-order valence-corrected chi connectivity index (χ4v) is 3.35. The predicted molar refractivity (Wildman–Crippen MR) is 78.3 cm³/mol. The minimum atomic E-state index is -1.10. The van der Waals surface area contributed by atoms with Gasteiger partial charge < -0.3 is 5.73 Å². The van der Waals surface area contributed by atoms with Crippen LogP contribution in [0, 0.1) is 6.92 Å². The fraction of sp³-hybridized carbons (Fsp3) is 0.357. The molecule has 4 nitrogen and oxygen atoms in total. The van der Waals surface area contributed by atoms with Gasteiger partial charge in [-0.15, -0.1) is 0 Å². The number of nitrogen functional groups attached to an aromatic ring is 1. The zero-order valence-corrected chi connectivity index (χ0v) is 12.3. The highest BCUT2D eigenvalue weighted by Gasteiger charge is 2.13. The lowest BCUT2D eigenvalue weighted by Gasteiger charge is -2.08. The summed E-state index contributed by atoms with van der Waals surface area (Å²) in [6.07, 6.45) is 0.887. The molecule has 0 bridgehead atoms. The molecule has 2 aromatic rings. The molecule has 0 aliphatic heterocycles. The van der Waals surface area contributed by atoms with Crippen molar-refractivity contribution in [3.05, 3.63) is 41.2 Å². The molecule has 1 atom stereocenters. The molecule has 2 N–H and O–H groups in total. The maximum absolute atomic E-state index is 12.5. The van der Waals surface area contributed by atoms with Crippen LogP contribution in [0.2, 0.25) is 0 Å². The number of aromatic nitrogens is 2. The van der Waals surface area contributed by atoms with Gasteiger partial charge in [0, 0.05) is 17.6 Å². The number of aryl methyl sites for hydroxylation is 2. The lowest BCUT2D eigenvalue weighted by Crippen LogP contribution is -2.05. The highest BCUT2D eigenvalue weighted by molar-refractivity contribution is 7.84. The zero-order chi connectivity index (χ0) is 14.0. The molecule has 0 aliphatic carbocycles. The van der Waals surface area contributed by atoms with Crippen molar-refractivity contribution in [1.29, 1.82) is 0 Å². The summed E-state index contributed by atoms with van der Waals surface area (Å²) in [5, 5.41) is 4.37. The molecule has 0 radical (unpaired) electrons. The molecule has 19 heavy (non-hydrogen) atoms. The van der Waals surface area contributed by atoms with Crippen molar-refractivity contribution in [2.45, 2.75) is 30.9 Å². The Hall–Kier alpha value is -1.62. The molecule has 0 aliphatic rings. The Morgan fingerprint density at radius 2 is 2.16 bits per heavy atom. The summed E-state index contributed by atoms with van der Waals surface area (Å²) in [6, 6.07) is 7.56. The largest absolute Gasteiger partial charge is 0.398 e. The third-order valence-corrected chi connectivity index (χ3v) is 4.73.